The van der Waals surface area contributed by atoms with Gasteiger partial charge in [0.2, 0.25) is 0 Å². The SMILES string of the molecule is C[C@H]1CCCC[C@]12NC(=O)N(CC(=O)c1ccc[nH]1)C2=O. The first-order chi connectivity index (χ1) is 10.0. The number of nitrogens with zero attached hydrogens (tertiary/aromatic N) is 1. The van der Waals surface area contributed by atoms with Crippen LogP contribution in [0.15, 0.2) is 18.3 Å². The van der Waals surface area contributed by atoms with Gasteiger partial charge in [-0.1, -0.05) is 19.8 Å². The molecule has 112 valence electrons. The van der Waals surface area contributed by atoms with Crippen molar-refractivity contribution in [3.8, 4) is 0 Å². The number of amides is 3. The Labute approximate surface area is 122 Å². The first kappa shape index (κ1) is 13.9. The predicted molar refractivity (Wildman–Crippen MR) is 75.7 cm³/mol. The van der Waals surface area contributed by atoms with E-state index in [4.69, 9.17) is 0 Å². The molecule has 0 aromatic carbocycles. The summed E-state index contributed by atoms with van der Waals surface area (Å²) in [6.07, 6.45) is 5.22. The normalized spacial score (nSPS) is 29.0. The van der Waals surface area contributed by atoms with Crippen LogP contribution >= 0.6 is 0 Å². The number of Topliss-reactive ketones (excluding diaryl/α,β-unsaturated/α-hetero) is 1. The molecule has 2 N–H and O–H groups in total. The highest BCUT2D eigenvalue weighted by molar-refractivity contribution is 6.11. The molecule has 0 bridgehead atoms. The van der Waals surface area contributed by atoms with Crippen molar-refractivity contribution in [1.82, 2.24) is 15.2 Å². The number of carbonyl (C=O) groups excluding carboxylic acids is 3. The monoisotopic (exact) mass is 289 g/mol. The Morgan fingerprint density at radius 1 is 1.43 bits per heavy atom. The lowest BCUT2D eigenvalue weighted by molar-refractivity contribution is -0.133. The summed E-state index contributed by atoms with van der Waals surface area (Å²) >= 11 is 0. The second-order valence-corrected chi connectivity index (χ2v) is 5.95. The lowest BCUT2D eigenvalue weighted by Crippen LogP contribution is -2.54. The Morgan fingerprint density at radius 2 is 2.24 bits per heavy atom. The number of ketones is 1. The molecule has 21 heavy (non-hydrogen) atoms. The first-order valence-electron chi connectivity index (χ1n) is 7.35. The number of hydrogen-bond donors (Lipinski definition) is 2. The maximum atomic E-state index is 12.7. The second-order valence-electron chi connectivity index (χ2n) is 5.95. The van der Waals surface area contributed by atoms with Gasteiger partial charge in [-0.15, -0.1) is 0 Å². The minimum absolute atomic E-state index is 0.105. The first-order valence-corrected chi connectivity index (χ1v) is 7.35. The summed E-state index contributed by atoms with van der Waals surface area (Å²) in [5.74, 6) is -0.406. The molecule has 2 aliphatic rings. The molecule has 1 aliphatic heterocycles. The van der Waals surface area contributed by atoms with Crippen LogP contribution in [0.5, 0.6) is 0 Å². The fraction of sp³-hybridized carbons (Fsp3) is 0.533. The molecule has 2 heterocycles. The molecule has 1 aromatic heterocycles. The molecule has 1 aliphatic carbocycles. The van der Waals surface area contributed by atoms with Crippen LogP contribution in [0.3, 0.4) is 0 Å². The van der Waals surface area contributed by atoms with E-state index in [2.05, 4.69) is 10.3 Å². The van der Waals surface area contributed by atoms with E-state index in [9.17, 15) is 14.4 Å². The fourth-order valence-corrected chi connectivity index (χ4v) is 3.37. The van der Waals surface area contributed by atoms with Crippen LogP contribution in [0.2, 0.25) is 0 Å². The number of carbonyl (C=O) groups is 3. The second kappa shape index (κ2) is 5.02. The summed E-state index contributed by atoms with van der Waals surface area (Å²) in [6, 6.07) is 2.90. The van der Waals surface area contributed by atoms with Crippen LogP contribution in [-0.2, 0) is 4.79 Å². The Bertz CT molecular complexity index is 581. The zero-order chi connectivity index (χ0) is 15.0. The van der Waals surface area contributed by atoms with Gasteiger partial charge in [0.15, 0.2) is 5.78 Å². The van der Waals surface area contributed by atoms with E-state index in [-0.39, 0.29) is 24.2 Å². The third-order valence-electron chi connectivity index (χ3n) is 4.70. The summed E-state index contributed by atoms with van der Waals surface area (Å²) < 4.78 is 0. The molecule has 3 amide bonds. The molecule has 1 aromatic rings. The lowest BCUT2D eigenvalue weighted by Gasteiger charge is -2.36. The van der Waals surface area contributed by atoms with Gasteiger partial charge >= 0.3 is 6.03 Å². The van der Waals surface area contributed by atoms with E-state index in [1.54, 1.807) is 18.3 Å². The molecule has 6 nitrogen and oxygen atoms in total. The van der Waals surface area contributed by atoms with Crippen molar-refractivity contribution in [2.75, 3.05) is 6.54 Å². The van der Waals surface area contributed by atoms with Crippen molar-refractivity contribution in [3.63, 3.8) is 0 Å². The Hall–Kier alpha value is -2.11. The topological polar surface area (TPSA) is 82.3 Å². The molecule has 2 fully saturated rings. The number of imide groups is 1. The van der Waals surface area contributed by atoms with Crippen molar-refractivity contribution < 1.29 is 14.4 Å². The van der Waals surface area contributed by atoms with Gasteiger partial charge in [0, 0.05) is 6.20 Å². The maximum Gasteiger partial charge on any atom is 0.325 e. The number of H-pyrrole nitrogens is 1. The zero-order valence-electron chi connectivity index (χ0n) is 12.0. The highest BCUT2D eigenvalue weighted by atomic mass is 16.2. The van der Waals surface area contributed by atoms with Crippen LogP contribution in [0.4, 0.5) is 4.79 Å². The van der Waals surface area contributed by atoms with Gasteiger partial charge < -0.3 is 10.3 Å². The molecule has 1 spiro atoms. The molecule has 3 rings (SSSR count). The number of rotatable bonds is 3. The van der Waals surface area contributed by atoms with Gasteiger partial charge in [0.05, 0.1) is 12.2 Å². The Morgan fingerprint density at radius 3 is 2.90 bits per heavy atom. The molecule has 2 atom stereocenters. The largest absolute Gasteiger partial charge is 0.359 e. The van der Waals surface area contributed by atoms with Crippen LogP contribution in [0, 0.1) is 5.92 Å². The molecule has 6 heteroatoms. The Balaban J connectivity index is 1.79. The predicted octanol–water partition coefficient (Wildman–Crippen LogP) is 1.70. The third-order valence-corrected chi connectivity index (χ3v) is 4.70. The number of urea groups is 1. The van der Waals surface area contributed by atoms with Gasteiger partial charge in [-0.2, -0.15) is 0 Å². The van der Waals surface area contributed by atoms with E-state index in [1.165, 1.54) is 0 Å². The van der Waals surface area contributed by atoms with Crippen molar-refractivity contribution in [2.24, 2.45) is 5.92 Å². The van der Waals surface area contributed by atoms with Crippen LogP contribution in [0.25, 0.3) is 0 Å². The van der Waals surface area contributed by atoms with Crippen LogP contribution < -0.4 is 5.32 Å². The highest BCUT2D eigenvalue weighted by Crippen LogP contribution is 2.38. The van der Waals surface area contributed by atoms with Crippen LogP contribution in [-0.4, -0.2) is 39.7 Å². The van der Waals surface area contributed by atoms with Crippen LogP contribution in [0.1, 0.15) is 43.1 Å². The van der Waals surface area contributed by atoms with Gasteiger partial charge in [-0.05, 0) is 30.9 Å². The van der Waals surface area contributed by atoms with E-state index in [1.807, 2.05) is 6.92 Å². The van der Waals surface area contributed by atoms with Gasteiger partial charge in [-0.25, -0.2) is 4.79 Å². The third kappa shape index (κ3) is 2.14. The summed E-state index contributed by atoms with van der Waals surface area (Å²) in [6.45, 7) is 1.79. The smallest absolute Gasteiger partial charge is 0.325 e. The molecule has 1 saturated heterocycles. The molecular formula is C15H19N3O3. The number of aromatic nitrogens is 1. The average Bonchev–Trinajstić information content (AvgIpc) is 3.06. The number of nitrogens with one attached hydrogen (secondary N) is 2. The van der Waals surface area contributed by atoms with Crippen molar-refractivity contribution in [2.45, 2.75) is 38.1 Å². The molecule has 0 radical (unpaired) electrons. The molecular weight excluding hydrogens is 270 g/mol. The minimum atomic E-state index is -0.800. The summed E-state index contributed by atoms with van der Waals surface area (Å²) in [5, 5.41) is 2.84. The van der Waals surface area contributed by atoms with Gasteiger partial charge in [0.25, 0.3) is 5.91 Å². The maximum absolute atomic E-state index is 12.7. The van der Waals surface area contributed by atoms with E-state index in [0.29, 0.717) is 12.1 Å². The summed E-state index contributed by atoms with van der Waals surface area (Å²) in [7, 11) is 0. The minimum Gasteiger partial charge on any atom is -0.359 e. The van der Waals surface area contributed by atoms with E-state index < -0.39 is 11.6 Å². The summed E-state index contributed by atoms with van der Waals surface area (Å²) in [4.78, 5) is 40.8. The zero-order valence-corrected chi connectivity index (χ0v) is 12.0. The van der Waals surface area contributed by atoms with Crippen molar-refractivity contribution >= 4 is 17.7 Å². The van der Waals surface area contributed by atoms with Crippen molar-refractivity contribution in [3.05, 3.63) is 24.0 Å². The fourth-order valence-electron chi connectivity index (χ4n) is 3.37. The summed E-state index contributed by atoms with van der Waals surface area (Å²) in [5.41, 5.74) is -0.390. The number of hydrogen-bond acceptors (Lipinski definition) is 3. The standard InChI is InChI=1S/C15H19N3O3/c1-10-5-2-3-7-15(10)13(20)18(14(21)17-15)9-12(19)11-6-4-8-16-11/h4,6,8,10,16H,2-3,5,7,9H2,1H3,(H,17,21)/t10-,15-/m0/s1. The van der Waals surface area contributed by atoms with Gasteiger partial charge in [0.1, 0.15) is 5.54 Å². The van der Waals surface area contributed by atoms with E-state index in [0.717, 1.165) is 24.2 Å². The van der Waals surface area contributed by atoms with Crippen molar-refractivity contribution in [1.29, 1.82) is 0 Å². The number of aromatic amines is 1. The van der Waals surface area contributed by atoms with Gasteiger partial charge in [-0.3, -0.25) is 14.5 Å². The highest BCUT2D eigenvalue weighted by Gasteiger charge is 2.55. The molecule has 0 unspecified atom stereocenters. The lowest BCUT2D eigenvalue weighted by atomic mass is 9.73. The quantitative estimate of drug-likeness (QED) is 0.656. The Kier molecular flexibility index (Phi) is 3.31. The molecule has 1 saturated carbocycles. The average molecular weight is 289 g/mol. The van der Waals surface area contributed by atoms with E-state index >= 15 is 0 Å².